The fourth-order valence-corrected chi connectivity index (χ4v) is 7.57. The normalized spacial score (nSPS) is 16.9. The lowest BCUT2D eigenvalue weighted by molar-refractivity contribution is -0.141. The van der Waals surface area contributed by atoms with E-state index in [1.807, 2.05) is 61.5 Å². The number of rotatable bonds is 11. The Morgan fingerprint density at radius 2 is 1.58 bits per heavy atom. The molecule has 1 aliphatic heterocycles. The summed E-state index contributed by atoms with van der Waals surface area (Å²) in [6, 6.07) is 23.0. The number of sulfonamides is 1. The summed E-state index contributed by atoms with van der Waals surface area (Å²) in [5.74, 6) is -1.01. The smallest absolute Gasteiger partial charge is 0.269 e. The molecule has 0 unspecified atom stereocenters. The van der Waals surface area contributed by atoms with E-state index in [9.17, 15) is 22.8 Å². The lowest BCUT2D eigenvalue weighted by Gasteiger charge is -2.33. The highest BCUT2D eigenvalue weighted by Gasteiger charge is 2.40. The molecule has 3 aromatic rings. The molecule has 3 aromatic carbocycles. The van der Waals surface area contributed by atoms with Gasteiger partial charge in [0.15, 0.2) is 0 Å². The van der Waals surface area contributed by atoms with Gasteiger partial charge in [0, 0.05) is 32.0 Å². The Balaban J connectivity index is 1.37. The fourth-order valence-electron chi connectivity index (χ4n) is 5.96. The molecule has 9 heteroatoms. The number of benzene rings is 3. The summed E-state index contributed by atoms with van der Waals surface area (Å²) in [5, 5.41) is 3.23. The van der Waals surface area contributed by atoms with Crippen molar-refractivity contribution >= 4 is 27.7 Å². The third-order valence-electron chi connectivity index (χ3n) is 8.36. The van der Waals surface area contributed by atoms with E-state index >= 15 is 0 Å². The number of hydrogen-bond donors (Lipinski definition) is 1. The van der Waals surface area contributed by atoms with Gasteiger partial charge in [-0.3, -0.25) is 14.4 Å². The Kier molecular flexibility index (Phi) is 9.60. The zero-order chi connectivity index (χ0) is 30.4. The van der Waals surface area contributed by atoms with E-state index < -0.39 is 22.0 Å². The first-order valence-electron chi connectivity index (χ1n) is 15.1. The molecule has 0 saturated heterocycles. The molecular formula is C34H39N3O5S. The Hall–Kier alpha value is -3.98. The average Bonchev–Trinajstić information content (AvgIpc) is 3.21. The van der Waals surface area contributed by atoms with Crippen LogP contribution in [0, 0.1) is 6.92 Å². The second-order valence-corrected chi connectivity index (χ2v) is 13.4. The highest BCUT2D eigenvalue weighted by molar-refractivity contribution is 7.90. The molecule has 2 aliphatic rings. The first-order valence-corrected chi connectivity index (χ1v) is 16.5. The van der Waals surface area contributed by atoms with Gasteiger partial charge in [0.2, 0.25) is 11.8 Å². The van der Waals surface area contributed by atoms with Crippen molar-refractivity contribution < 1.29 is 22.8 Å². The summed E-state index contributed by atoms with van der Waals surface area (Å²) < 4.78 is 26.9. The molecule has 226 valence electrons. The molecule has 8 nitrogen and oxygen atoms in total. The van der Waals surface area contributed by atoms with E-state index in [1.165, 1.54) is 12.1 Å². The van der Waals surface area contributed by atoms with E-state index in [2.05, 4.69) is 5.32 Å². The van der Waals surface area contributed by atoms with Gasteiger partial charge in [0.05, 0.1) is 5.56 Å². The number of carbonyl (C=O) groups is 3. The van der Waals surface area contributed by atoms with Gasteiger partial charge >= 0.3 is 0 Å². The summed E-state index contributed by atoms with van der Waals surface area (Å²) in [6.07, 6.45) is 5.65. The average molecular weight is 602 g/mol. The van der Waals surface area contributed by atoms with Crippen LogP contribution in [0.25, 0.3) is 0 Å². The topological polar surface area (TPSA) is 104 Å². The van der Waals surface area contributed by atoms with E-state index in [4.69, 9.17) is 0 Å². The van der Waals surface area contributed by atoms with Crippen LogP contribution in [0.4, 0.5) is 0 Å². The predicted molar refractivity (Wildman–Crippen MR) is 165 cm³/mol. The van der Waals surface area contributed by atoms with Crippen LogP contribution in [-0.2, 0) is 32.6 Å². The van der Waals surface area contributed by atoms with Crippen LogP contribution in [0.15, 0.2) is 83.8 Å². The van der Waals surface area contributed by atoms with Crippen LogP contribution in [0.1, 0.15) is 72.0 Å². The molecule has 43 heavy (non-hydrogen) atoms. The third-order valence-corrected chi connectivity index (χ3v) is 10.2. The summed E-state index contributed by atoms with van der Waals surface area (Å²) >= 11 is 0. The molecule has 0 aromatic heterocycles. The lowest BCUT2D eigenvalue weighted by Crippen LogP contribution is -2.52. The van der Waals surface area contributed by atoms with E-state index in [1.54, 1.807) is 17.0 Å². The van der Waals surface area contributed by atoms with Gasteiger partial charge in [0.1, 0.15) is 10.9 Å². The number of nitrogens with one attached hydrogen (secondary N) is 1. The monoisotopic (exact) mass is 601 g/mol. The molecule has 0 bridgehead atoms. The number of hydrogen-bond acceptors (Lipinski definition) is 5. The predicted octanol–water partition coefficient (Wildman–Crippen LogP) is 5.01. The Bertz CT molecular complexity index is 1550. The Labute approximate surface area is 254 Å². The third kappa shape index (κ3) is 7.16. The Morgan fingerprint density at radius 3 is 2.28 bits per heavy atom. The molecule has 5 rings (SSSR count). The zero-order valence-electron chi connectivity index (χ0n) is 24.6. The van der Waals surface area contributed by atoms with Crippen molar-refractivity contribution in [3.63, 3.8) is 0 Å². The standard InChI is InChI=1S/C34H39N3O5S/c1-25-18-20-27(21-19-25)24-36(30(23-26-11-4-2-5-12-26)33(39)35-28-13-6-3-7-14-28)32(38)17-10-22-37-34(40)29-15-8-9-16-31(29)43(37,41)42/h2,4-5,8-9,11-12,15-16,18-21,28,30H,3,6-7,10,13-14,17,22-24H2,1H3,(H,35,39)/t30-/m1/s1. The second-order valence-electron chi connectivity index (χ2n) is 11.5. The minimum Gasteiger partial charge on any atom is -0.352 e. The SMILES string of the molecule is Cc1ccc(CN(C(=O)CCCN2C(=O)c3ccccc3S2(=O)=O)[C@H](Cc2ccccc2)C(=O)NC2CCCCC2)cc1. The number of nitrogens with zero attached hydrogens (tertiary/aromatic N) is 2. The minimum atomic E-state index is -3.96. The summed E-state index contributed by atoms with van der Waals surface area (Å²) in [6.45, 7) is 2.12. The molecule has 0 radical (unpaired) electrons. The van der Waals surface area contributed by atoms with Gasteiger partial charge < -0.3 is 10.2 Å². The fraction of sp³-hybridized carbons (Fsp3) is 0.382. The van der Waals surface area contributed by atoms with Gasteiger partial charge in [-0.2, -0.15) is 0 Å². The molecule has 3 amide bonds. The van der Waals surface area contributed by atoms with Crippen LogP contribution >= 0.6 is 0 Å². The van der Waals surface area contributed by atoms with Crippen molar-refractivity contribution in [2.45, 2.75) is 81.8 Å². The van der Waals surface area contributed by atoms with E-state index in [-0.39, 0.29) is 54.2 Å². The van der Waals surface area contributed by atoms with Crippen molar-refractivity contribution in [3.05, 3.63) is 101 Å². The van der Waals surface area contributed by atoms with Gasteiger partial charge in [0.25, 0.3) is 15.9 Å². The van der Waals surface area contributed by atoms with Crippen LogP contribution in [0.3, 0.4) is 0 Å². The second kappa shape index (κ2) is 13.5. The highest BCUT2D eigenvalue weighted by Crippen LogP contribution is 2.30. The van der Waals surface area contributed by atoms with Crippen LogP contribution < -0.4 is 5.32 Å². The van der Waals surface area contributed by atoms with Crippen molar-refractivity contribution in [2.24, 2.45) is 0 Å². The highest BCUT2D eigenvalue weighted by atomic mass is 32.2. The molecule has 1 aliphatic carbocycles. The summed E-state index contributed by atoms with van der Waals surface area (Å²) in [4.78, 5) is 42.4. The molecule has 1 fully saturated rings. The number of aryl methyl sites for hydroxylation is 1. The van der Waals surface area contributed by atoms with Gasteiger partial charge in [-0.1, -0.05) is 91.6 Å². The van der Waals surface area contributed by atoms with Crippen LogP contribution in [-0.4, -0.2) is 54.0 Å². The van der Waals surface area contributed by atoms with Gasteiger partial charge in [-0.25, -0.2) is 12.7 Å². The van der Waals surface area contributed by atoms with Crippen LogP contribution in [0.2, 0.25) is 0 Å². The quantitative estimate of drug-likeness (QED) is 0.333. The molecule has 1 atom stereocenters. The zero-order valence-corrected chi connectivity index (χ0v) is 25.4. The maximum absolute atomic E-state index is 14.0. The number of amides is 3. The van der Waals surface area contributed by atoms with Crippen molar-refractivity contribution in [1.29, 1.82) is 0 Å². The largest absolute Gasteiger partial charge is 0.352 e. The van der Waals surface area contributed by atoms with Gasteiger partial charge in [-0.15, -0.1) is 0 Å². The molecule has 1 heterocycles. The molecule has 1 N–H and O–H groups in total. The minimum absolute atomic E-state index is 0.00497. The number of fused-ring (bicyclic) bond motifs is 1. The van der Waals surface area contributed by atoms with Crippen molar-refractivity contribution in [3.8, 4) is 0 Å². The summed E-state index contributed by atoms with van der Waals surface area (Å²) in [7, 11) is -3.96. The van der Waals surface area contributed by atoms with E-state index in [0.717, 1.165) is 53.1 Å². The number of carbonyl (C=O) groups excluding carboxylic acids is 3. The van der Waals surface area contributed by atoms with Gasteiger partial charge in [-0.05, 0) is 49.4 Å². The maximum atomic E-state index is 14.0. The summed E-state index contributed by atoms with van der Waals surface area (Å²) in [5.41, 5.74) is 3.09. The lowest BCUT2D eigenvalue weighted by atomic mass is 9.94. The maximum Gasteiger partial charge on any atom is 0.269 e. The Morgan fingerprint density at radius 1 is 0.907 bits per heavy atom. The van der Waals surface area contributed by atoms with Crippen molar-refractivity contribution in [1.82, 2.24) is 14.5 Å². The molecule has 1 saturated carbocycles. The first kappa shape index (κ1) is 30.5. The molecular weight excluding hydrogens is 562 g/mol. The van der Waals surface area contributed by atoms with E-state index in [0.29, 0.717) is 6.42 Å². The molecule has 0 spiro atoms. The first-order chi connectivity index (χ1) is 20.7. The van der Waals surface area contributed by atoms with Crippen molar-refractivity contribution in [2.75, 3.05) is 6.54 Å². The van der Waals surface area contributed by atoms with Crippen LogP contribution in [0.5, 0.6) is 0 Å².